The number of hydrogen-bond donors (Lipinski definition) is 1. The molecule has 1 N–H and O–H groups in total. The van der Waals surface area contributed by atoms with Gasteiger partial charge in [0.15, 0.2) is 6.10 Å². The Bertz CT molecular complexity index is 948. The van der Waals surface area contributed by atoms with Gasteiger partial charge in [-0.2, -0.15) is 0 Å². The number of phenolic OH excluding ortho intramolecular Hbond substituents is 1. The molecule has 0 bridgehead atoms. The number of aromatic hydroxyl groups is 1. The minimum atomic E-state index is -0.987. The van der Waals surface area contributed by atoms with E-state index in [1.54, 1.807) is 42.5 Å². The highest BCUT2D eigenvalue weighted by Gasteiger charge is 2.22. The standard InChI is InChI=1S/C20H15ClO4/c1-12(18(22)14-6-9-15(21)10-7-14)25-20(24)17-11-8-13-4-2-3-5-16(13)19(17)23/h2-12,23H,1H3/t12-/m1/s1. The quantitative estimate of drug-likeness (QED) is 0.548. The summed E-state index contributed by atoms with van der Waals surface area (Å²) >= 11 is 5.80. The van der Waals surface area contributed by atoms with Crippen molar-refractivity contribution in [3.8, 4) is 5.75 Å². The number of carbonyl (C=O) groups is 2. The van der Waals surface area contributed by atoms with Crippen LogP contribution in [-0.2, 0) is 4.74 Å². The van der Waals surface area contributed by atoms with Gasteiger partial charge >= 0.3 is 5.97 Å². The lowest BCUT2D eigenvalue weighted by atomic mass is 10.0. The van der Waals surface area contributed by atoms with Crippen LogP contribution in [0.15, 0.2) is 60.7 Å². The van der Waals surface area contributed by atoms with E-state index >= 15 is 0 Å². The zero-order valence-corrected chi connectivity index (χ0v) is 14.2. The Balaban J connectivity index is 1.81. The van der Waals surface area contributed by atoms with Crippen molar-refractivity contribution in [3.05, 3.63) is 76.8 Å². The first-order chi connectivity index (χ1) is 12.0. The number of phenols is 1. The Morgan fingerprint density at radius 3 is 2.40 bits per heavy atom. The molecule has 0 spiro atoms. The van der Waals surface area contributed by atoms with Crippen LogP contribution < -0.4 is 0 Å². The van der Waals surface area contributed by atoms with Gasteiger partial charge in [-0.15, -0.1) is 0 Å². The minimum Gasteiger partial charge on any atom is -0.506 e. The molecular weight excluding hydrogens is 340 g/mol. The summed E-state index contributed by atoms with van der Waals surface area (Å²) in [5, 5.41) is 12.2. The third-order valence-electron chi connectivity index (χ3n) is 3.90. The summed E-state index contributed by atoms with van der Waals surface area (Å²) in [6, 6.07) is 16.7. The molecule has 0 radical (unpaired) electrons. The summed E-state index contributed by atoms with van der Waals surface area (Å²) in [4.78, 5) is 24.7. The van der Waals surface area contributed by atoms with Crippen molar-refractivity contribution in [2.24, 2.45) is 0 Å². The number of esters is 1. The van der Waals surface area contributed by atoms with Gasteiger partial charge in [0.2, 0.25) is 5.78 Å². The van der Waals surface area contributed by atoms with Crippen molar-refractivity contribution in [2.75, 3.05) is 0 Å². The maximum atomic E-state index is 12.4. The van der Waals surface area contributed by atoms with Gasteiger partial charge in [0, 0.05) is 16.0 Å². The van der Waals surface area contributed by atoms with Crippen molar-refractivity contribution >= 4 is 34.1 Å². The zero-order valence-electron chi connectivity index (χ0n) is 13.4. The van der Waals surface area contributed by atoms with Crippen LogP contribution >= 0.6 is 11.6 Å². The molecule has 0 saturated carbocycles. The Kier molecular flexibility index (Phi) is 4.72. The first-order valence-corrected chi connectivity index (χ1v) is 8.06. The van der Waals surface area contributed by atoms with Crippen LogP contribution in [0.4, 0.5) is 0 Å². The Morgan fingerprint density at radius 1 is 1.00 bits per heavy atom. The molecule has 3 aromatic carbocycles. The molecule has 0 unspecified atom stereocenters. The van der Waals surface area contributed by atoms with E-state index in [1.807, 2.05) is 12.1 Å². The van der Waals surface area contributed by atoms with Gasteiger partial charge in [0.05, 0.1) is 0 Å². The van der Waals surface area contributed by atoms with Crippen LogP contribution in [0, 0.1) is 0 Å². The van der Waals surface area contributed by atoms with Crippen LogP contribution in [0.25, 0.3) is 10.8 Å². The minimum absolute atomic E-state index is 0.0226. The third-order valence-corrected chi connectivity index (χ3v) is 4.15. The lowest BCUT2D eigenvalue weighted by Crippen LogP contribution is -2.24. The van der Waals surface area contributed by atoms with Crippen molar-refractivity contribution in [2.45, 2.75) is 13.0 Å². The average molecular weight is 355 g/mol. The molecule has 0 fully saturated rings. The summed E-state index contributed by atoms with van der Waals surface area (Å²) in [6.07, 6.45) is -0.987. The summed E-state index contributed by atoms with van der Waals surface area (Å²) in [7, 11) is 0. The van der Waals surface area contributed by atoms with E-state index in [2.05, 4.69) is 0 Å². The fraction of sp³-hybridized carbons (Fsp3) is 0.100. The van der Waals surface area contributed by atoms with Gasteiger partial charge in [0.25, 0.3) is 0 Å². The van der Waals surface area contributed by atoms with Gasteiger partial charge in [-0.25, -0.2) is 4.79 Å². The molecular formula is C20H15ClO4. The smallest absolute Gasteiger partial charge is 0.342 e. The van der Waals surface area contributed by atoms with E-state index in [9.17, 15) is 14.7 Å². The molecule has 3 rings (SSSR count). The van der Waals surface area contributed by atoms with Crippen molar-refractivity contribution < 1.29 is 19.4 Å². The summed E-state index contributed by atoms with van der Waals surface area (Å²) in [5.74, 6) is -1.25. The first-order valence-electron chi connectivity index (χ1n) is 7.69. The fourth-order valence-corrected chi connectivity index (χ4v) is 2.67. The lowest BCUT2D eigenvalue weighted by molar-refractivity contribution is 0.0316. The van der Waals surface area contributed by atoms with Gasteiger partial charge < -0.3 is 9.84 Å². The molecule has 4 nitrogen and oxygen atoms in total. The lowest BCUT2D eigenvalue weighted by Gasteiger charge is -2.14. The van der Waals surface area contributed by atoms with E-state index in [1.165, 1.54) is 13.0 Å². The van der Waals surface area contributed by atoms with Crippen molar-refractivity contribution in [1.29, 1.82) is 0 Å². The van der Waals surface area contributed by atoms with Crippen LogP contribution in [0.3, 0.4) is 0 Å². The molecule has 0 amide bonds. The summed E-state index contributed by atoms with van der Waals surface area (Å²) in [5.41, 5.74) is 0.418. The molecule has 5 heteroatoms. The topological polar surface area (TPSA) is 63.6 Å². The molecule has 0 aliphatic carbocycles. The second kappa shape index (κ2) is 6.95. The monoisotopic (exact) mass is 354 g/mol. The zero-order chi connectivity index (χ0) is 18.0. The van der Waals surface area contributed by atoms with Crippen LogP contribution in [0.2, 0.25) is 5.02 Å². The number of ether oxygens (including phenoxy) is 1. The van der Waals surface area contributed by atoms with Crippen LogP contribution in [0.1, 0.15) is 27.6 Å². The average Bonchev–Trinajstić information content (AvgIpc) is 2.62. The number of Topliss-reactive ketones (excluding diaryl/α,β-unsaturated/α-hetero) is 1. The normalized spacial score (nSPS) is 11.9. The second-order valence-electron chi connectivity index (χ2n) is 5.60. The largest absolute Gasteiger partial charge is 0.506 e. The molecule has 0 saturated heterocycles. The third kappa shape index (κ3) is 3.49. The number of ketones is 1. The first kappa shape index (κ1) is 17.0. The molecule has 3 aromatic rings. The van der Waals surface area contributed by atoms with E-state index in [4.69, 9.17) is 16.3 Å². The highest BCUT2D eigenvalue weighted by atomic mass is 35.5. The summed E-state index contributed by atoms with van der Waals surface area (Å²) in [6.45, 7) is 1.49. The molecule has 25 heavy (non-hydrogen) atoms. The van der Waals surface area contributed by atoms with E-state index in [0.717, 1.165) is 5.39 Å². The highest BCUT2D eigenvalue weighted by molar-refractivity contribution is 6.30. The molecule has 0 aromatic heterocycles. The van der Waals surface area contributed by atoms with E-state index < -0.39 is 12.1 Å². The van der Waals surface area contributed by atoms with Gasteiger partial charge in [-0.1, -0.05) is 41.9 Å². The number of fused-ring (bicyclic) bond motifs is 1. The molecule has 126 valence electrons. The summed E-state index contributed by atoms with van der Waals surface area (Å²) < 4.78 is 5.23. The SMILES string of the molecule is C[C@@H](OC(=O)c1ccc2ccccc2c1O)C(=O)c1ccc(Cl)cc1. The number of rotatable bonds is 4. The van der Waals surface area contributed by atoms with Gasteiger partial charge in [0.1, 0.15) is 11.3 Å². The van der Waals surface area contributed by atoms with Crippen LogP contribution in [-0.4, -0.2) is 23.0 Å². The van der Waals surface area contributed by atoms with Crippen molar-refractivity contribution in [3.63, 3.8) is 0 Å². The maximum absolute atomic E-state index is 12.4. The van der Waals surface area contributed by atoms with Gasteiger partial charge in [-0.3, -0.25) is 4.79 Å². The number of benzene rings is 3. The number of halogens is 1. The Labute approximate surface area is 149 Å². The molecule has 1 atom stereocenters. The molecule has 0 heterocycles. The predicted molar refractivity (Wildman–Crippen MR) is 96.3 cm³/mol. The molecule has 0 aliphatic heterocycles. The molecule has 0 aliphatic rings. The fourth-order valence-electron chi connectivity index (χ4n) is 2.55. The Morgan fingerprint density at radius 2 is 1.68 bits per heavy atom. The Hall–Kier alpha value is -2.85. The second-order valence-corrected chi connectivity index (χ2v) is 6.04. The number of carbonyl (C=O) groups excluding carboxylic acids is 2. The van der Waals surface area contributed by atoms with Gasteiger partial charge in [-0.05, 0) is 42.6 Å². The highest BCUT2D eigenvalue weighted by Crippen LogP contribution is 2.29. The predicted octanol–water partition coefficient (Wildman–Crippen LogP) is 4.63. The van der Waals surface area contributed by atoms with E-state index in [0.29, 0.717) is 16.0 Å². The number of hydrogen-bond acceptors (Lipinski definition) is 4. The van der Waals surface area contributed by atoms with Crippen molar-refractivity contribution in [1.82, 2.24) is 0 Å². The van der Waals surface area contributed by atoms with E-state index in [-0.39, 0.29) is 17.1 Å². The maximum Gasteiger partial charge on any atom is 0.342 e. The van der Waals surface area contributed by atoms with Crippen LogP contribution in [0.5, 0.6) is 5.75 Å².